The number of nitrogens with zero attached hydrogens (tertiary/aromatic N) is 2. The van der Waals surface area contributed by atoms with E-state index >= 15 is 0 Å². The van der Waals surface area contributed by atoms with Crippen molar-refractivity contribution in [3.8, 4) is 0 Å². The fourth-order valence-electron chi connectivity index (χ4n) is 8.24. The third-order valence-electron chi connectivity index (χ3n) is 10.4. The fourth-order valence-corrected chi connectivity index (χ4v) is 8.24. The van der Waals surface area contributed by atoms with E-state index in [1.54, 1.807) is 0 Å². The summed E-state index contributed by atoms with van der Waals surface area (Å²) in [6.45, 7) is 21.4. The van der Waals surface area contributed by atoms with Crippen molar-refractivity contribution in [1.82, 2.24) is 10.1 Å². The van der Waals surface area contributed by atoms with Gasteiger partial charge in [0.05, 0.1) is 13.2 Å². The zero-order chi connectivity index (χ0) is 34.8. The third-order valence-corrected chi connectivity index (χ3v) is 10.4. The van der Waals surface area contributed by atoms with Gasteiger partial charge >= 0.3 is 6.16 Å². The molecular weight excluding hydrogens is 588 g/mol. The van der Waals surface area contributed by atoms with E-state index in [-0.39, 0.29) is 34.9 Å². The molecule has 0 bridgehead atoms. The predicted octanol–water partition coefficient (Wildman–Crippen LogP) is 11.7. The molecule has 0 saturated carbocycles. The Kier molecular flexibility index (Phi) is 19.8. The summed E-state index contributed by atoms with van der Waals surface area (Å²) in [4.78, 5) is 25.8. The number of hydrogen-bond acceptors (Lipinski definition) is 7. The summed E-state index contributed by atoms with van der Waals surface area (Å²) in [7, 11) is 0. The minimum Gasteiger partial charge on any atom is -0.431 e. The minimum absolute atomic E-state index is 0.166. The van der Waals surface area contributed by atoms with E-state index < -0.39 is 6.16 Å². The van der Waals surface area contributed by atoms with Gasteiger partial charge in [0.2, 0.25) is 0 Å². The number of carbonyl (C=O) groups is 1. The van der Waals surface area contributed by atoms with E-state index in [1.165, 1.54) is 103 Å². The maximum absolute atomic E-state index is 13.1. The Balaban J connectivity index is 1.70. The second-order valence-corrected chi connectivity index (χ2v) is 16.8. The maximum Gasteiger partial charge on any atom is 0.508 e. The Hall–Kier alpha value is -0.890. The molecule has 0 aliphatic carbocycles. The predicted molar refractivity (Wildman–Crippen MR) is 195 cm³/mol. The lowest BCUT2D eigenvalue weighted by Crippen LogP contribution is -2.62. The molecule has 0 spiro atoms. The minimum atomic E-state index is -0.539. The van der Waals surface area contributed by atoms with Gasteiger partial charge in [0.15, 0.2) is 0 Å². The number of piperidine rings is 2. The van der Waals surface area contributed by atoms with Crippen LogP contribution in [0.15, 0.2) is 0 Å². The average Bonchev–Trinajstić information content (AvgIpc) is 2.96. The molecule has 7 heteroatoms. The Morgan fingerprint density at radius 3 is 1.38 bits per heavy atom. The normalized spacial score (nSPS) is 23.2. The van der Waals surface area contributed by atoms with E-state index in [2.05, 4.69) is 72.4 Å². The summed E-state index contributed by atoms with van der Waals surface area (Å²) in [5, 5.41) is 4.32. The number of rotatable bonds is 24. The van der Waals surface area contributed by atoms with Crippen LogP contribution >= 0.6 is 0 Å². The number of unbranched alkanes of at least 4 members (excludes halogenated alkanes) is 16. The van der Waals surface area contributed by atoms with Crippen molar-refractivity contribution in [2.75, 3.05) is 13.2 Å². The topological polar surface area (TPSA) is 60.5 Å². The van der Waals surface area contributed by atoms with Crippen LogP contribution in [-0.4, -0.2) is 64.4 Å². The highest BCUT2D eigenvalue weighted by Gasteiger charge is 2.48. The lowest BCUT2D eigenvalue weighted by molar-refractivity contribution is -0.293. The van der Waals surface area contributed by atoms with Crippen LogP contribution in [0.3, 0.4) is 0 Å². The van der Waals surface area contributed by atoms with Gasteiger partial charge in [-0.3, -0.25) is 9.68 Å². The molecule has 2 rings (SSSR count). The lowest BCUT2D eigenvalue weighted by atomic mass is 9.80. The molecule has 2 saturated heterocycles. The van der Waals surface area contributed by atoms with Gasteiger partial charge in [-0.25, -0.2) is 4.79 Å². The maximum atomic E-state index is 13.1. The van der Waals surface area contributed by atoms with Crippen LogP contribution < -0.4 is 0 Å². The summed E-state index contributed by atoms with van der Waals surface area (Å²) in [5.41, 5.74) is -0.719. The molecular formula is C40H78N2O5. The molecule has 2 aliphatic heterocycles. The fraction of sp³-hybridized carbons (Fsp3) is 0.975. The standard InChI is InChI=1S/C40H78N2O5/c1-10-12-14-16-18-20-22-24-26-28-44-41-34(3)30-35(31-38(41,4)5)46-37(43)47-36-32-39(6,7)42(40(8,9)33-36)45-29-27-25-23-21-19-17-15-13-11-2/h34-36H,10-33H2,1-9H3. The van der Waals surface area contributed by atoms with Gasteiger partial charge in [0.25, 0.3) is 0 Å². The average molecular weight is 667 g/mol. The highest BCUT2D eigenvalue weighted by Crippen LogP contribution is 2.40. The highest BCUT2D eigenvalue weighted by atomic mass is 16.7. The van der Waals surface area contributed by atoms with Crippen molar-refractivity contribution in [3.05, 3.63) is 0 Å². The van der Waals surface area contributed by atoms with Crippen molar-refractivity contribution in [2.45, 2.75) is 238 Å². The summed E-state index contributed by atoms with van der Waals surface area (Å²) in [6, 6.07) is 0.166. The SMILES string of the molecule is CCCCCCCCCCCON1C(C)CC(OC(=O)OC2CC(C)(C)N(OCCCCCCCCCCC)C(C)(C)C2)CC1(C)C. The van der Waals surface area contributed by atoms with Crippen LogP contribution in [0.5, 0.6) is 0 Å². The Labute approximate surface area is 291 Å². The summed E-state index contributed by atoms with van der Waals surface area (Å²) >= 11 is 0. The zero-order valence-electron chi connectivity index (χ0n) is 32.6. The van der Waals surface area contributed by atoms with Crippen LogP contribution in [0.25, 0.3) is 0 Å². The molecule has 278 valence electrons. The smallest absolute Gasteiger partial charge is 0.431 e. The molecule has 2 aliphatic rings. The van der Waals surface area contributed by atoms with Crippen LogP contribution in [0.2, 0.25) is 0 Å². The van der Waals surface area contributed by atoms with Crippen molar-refractivity contribution >= 4 is 6.16 Å². The van der Waals surface area contributed by atoms with Gasteiger partial charge in [-0.05, 0) is 61.3 Å². The van der Waals surface area contributed by atoms with E-state index in [0.29, 0.717) is 0 Å². The first-order valence-electron chi connectivity index (χ1n) is 20.0. The number of ether oxygens (including phenoxy) is 2. The molecule has 0 amide bonds. The van der Waals surface area contributed by atoms with Crippen LogP contribution in [-0.2, 0) is 19.1 Å². The van der Waals surface area contributed by atoms with E-state index in [0.717, 1.165) is 51.7 Å². The number of carbonyl (C=O) groups excluding carboxylic acids is 1. The molecule has 0 radical (unpaired) electrons. The molecule has 47 heavy (non-hydrogen) atoms. The van der Waals surface area contributed by atoms with Gasteiger partial charge in [0.1, 0.15) is 12.2 Å². The first kappa shape index (κ1) is 42.3. The summed E-state index contributed by atoms with van der Waals surface area (Å²) in [6.07, 6.45) is 25.5. The number of hydroxylamine groups is 4. The highest BCUT2D eigenvalue weighted by molar-refractivity contribution is 5.60. The molecule has 2 fully saturated rings. The molecule has 0 aromatic rings. The third kappa shape index (κ3) is 16.1. The van der Waals surface area contributed by atoms with Crippen LogP contribution in [0.4, 0.5) is 4.79 Å². The van der Waals surface area contributed by atoms with E-state index in [9.17, 15) is 4.79 Å². The van der Waals surface area contributed by atoms with Crippen molar-refractivity contribution in [3.63, 3.8) is 0 Å². The van der Waals surface area contributed by atoms with Crippen molar-refractivity contribution in [2.24, 2.45) is 0 Å². The Bertz CT molecular complexity index is 813. The van der Waals surface area contributed by atoms with E-state index in [1.807, 2.05) is 0 Å². The van der Waals surface area contributed by atoms with Crippen LogP contribution in [0.1, 0.15) is 204 Å². The monoisotopic (exact) mass is 667 g/mol. The molecule has 2 atom stereocenters. The zero-order valence-corrected chi connectivity index (χ0v) is 32.6. The van der Waals surface area contributed by atoms with Gasteiger partial charge in [-0.1, -0.05) is 117 Å². The number of hydrogen-bond donors (Lipinski definition) is 0. The van der Waals surface area contributed by atoms with Gasteiger partial charge in [-0.15, -0.1) is 0 Å². The summed E-state index contributed by atoms with van der Waals surface area (Å²) < 4.78 is 12.0. The van der Waals surface area contributed by atoms with E-state index in [4.69, 9.17) is 19.1 Å². The second kappa shape index (κ2) is 22.0. The quantitative estimate of drug-likeness (QED) is 0.0750. The first-order chi connectivity index (χ1) is 22.3. The molecule has 7 nitrogen and oxygen atoms in total. The Morgan fingerprint density at radius 2 is 0.936 bits per heavy atom. The van der Waals surface area contributed by atoms with Crippen LogP contribution in [0, 0.1) is 0 Å². The molecule has 2 unspecified atom stereocenters. The molecule has 2 heterocycles. The largest absolute Gasteiger partial charge is 0.508 e. The van der Waals surface area contributed by atoms with Gasteiger partial charge < -0.3 is 9.47 Å². The second-order valence-electron chi connectivity index (χ2n) is 16.8. The molecule has 0 N–H and O–H groups in total. The van der Waals surface area contributed by atoms with Gasteiger partial charge in [-0.2, -0.15) is 10.1 Å². The lowest BCUT2D eigenvalue weighted by Gasteiger charge is -2.53. The van der Waals surface area contributed by atoms with Crippen molar-refractivity contribution in [1.29, 1.82) is 0 Å². The molecule has 0 aromatic carbocycles. The Morgan fingerprint density at radius 1 is 0.553 bits per heavy atom. The molecule has 0 aromatic heterocycles. The van der Waals surface area contributed by atoms with Crippen molar-refractivity contribution < 1.29 is 23.9 Å². The summed E-state index contributed by atoms with van der Waals surface area (Å²) in [5.74, 6) is 0. The van der Waals surface area contributed by atoms with Gasteiger partial charge in [0, 0.05) is 48.3 Å². The first-order valence-corrected chi connectivity index (χ1v) is 20.0.